The van der Waals surface area contributed by atoms with Crippen LogP contribution in [0.2, 0.25) is 0 Å². The van der Waals surface area contributed by atoms with Crippen molar-refractivity contribution in [2.45, 2.75) is 26.2 Å². The van der Waals surface area contributed by atoms with Crippen molar-refractivity contribution in [2.75, 3.05) is 5.73 Å². The quantitative estimate of drug-likeness (QED) is 0.903. The van der Waals surface area contributed by atoms with E-state index in [1.165, 1.54) is 25.0 Å². The van der Waals surface area contributed by atoms with E-state index in [0.29, 0.717) is 0 Å². The number of nitrogens with zero attached hydrogens (tertiary/aromatic N) is 2. The van der Waals surface area contributed by atoms with Crippen molar-refractivity contribution in [1.29, 1.82) is 0 Å². The first-order chi connectivity index (χ1) is 8.65. The summed E-state index contributed by atoms with van der Waals surface area (Å²) in [6, 6.07) is 6.31. The minimum Gasteiger partial charge on any atom is -0.396 e. The number of rotatable bonds is 3. The maximum absolute atomic E-state index is 12.9. The molecular formula is C14H16FN3. The Bertz CT molecular complexity index is 567. The molecule has 1 heterocycles. The van der Waals surface area contributed by atoms with Crippen molar-refractivity contribution in [3.63, 3.8) is 0 Å². The first kappa shape index (κ1) is 11.3. The summed E-state index contributed by atoms with van der Waals surface area (Å²) in [5, 5.41) is 4.56. The highest BCUT2D eigenvalue weighted by Crippen LogP contribution is 2.34. The van der Waals surface area contributed by atoms with Gasteiger partial charge in [0.15, 0.2) is 0 Å². The molecule has 0 bridgehead atoms. The number of nitrogen functional groups attached to an aromatic ring is 1. The monoisotopic (exact) mass is 245 g/mol. The summed E-state index contributed by atoms with van der Waals surface area (Å²) >= 11 is 0. The number of hydrogen-bond donors (Lipinski definition) is 1. The zero-order chi connectivity index (χ0) is 12.7. The third-order valence-electron chi connectivity index (χ3n) is 3.49. The molecule has 3 rings (SSSR count). The van der Waals surface area contributed by atoms with E-state index >= 15 is 0 Å². The minimum absolute atomic E-state index is 0.241. The number of halogens is 1. The lowest BCUT2D eigenvalue weighted by Gasteiger charge is -2.03. The van der Waals surface area contributed by atoms with Gasteiger partial charge in [-0.05, 0) is 56.4 Å². The van der Waals surface area contributed by atoms with Crippen LogP contribution in [0, 0.1) is 18.7 Å². The third-order valence-corrected chi connectivity index (χ3v) is 3.49. The molecule has 1 aliphatic rings. The van der Waals surface area contributed by atoms with Crippen molar-refractivity contribution in [3.05, 3.63) is 41.5 Å². The Morgan fingerprint density at radius 2 is 2.00 bits per heavy atom. The lowest BCUT2D eigenvalue weighted by Crippen LogP contribution is -1.99. The lowest BCUT2D eigenvalue weighted by molar-refractivity contribution is 0.626. The van der Waals surface area contributed by atoms with Gasteiger partial charge in [-0.3, -0.25) is 0 Å². The molecule has 0 radical (unpaired) electrons. The standard InChI is InChI=1S/C14H16FN3/c1-9-14(16)13(8-10-2-3-10)17-18(9)12-6-4-11(15)5-7-12/h4-7,10H,2-3,8,16H2,1H3. The van der Waals surface area contributed by atoms with E-state index in [2.05, 4.69) is 5.10 Å². The van der Waals surface area contributed by atoms with Crippen LogP contribution in [0.15, 0.2) is 24.3 Å². The Labute approximate surface area is 105 Å². The molecular weight excluding hydrogens is 229 g/mol. The highest BCUT2D eigenvalue weighted by Gasteiger charge is 2.25. The summed E-state index contributed by atoms with van der Waals surface area (Å²) in [4.78, 5) is 0. The molecule has 0 spiro atoms. The number of nitrogens with two attached hydrogens (primary N) is 1. The predicted molar refractivity (Wildman–Crippen MR) is 69.1 cm³/mol. The van der Waals surface area contributed by atoms with Crippen molar-refractivity contribution in [1.82, 2.24) is 9.78 Å². The van der Waals surface area contributed by atoms with Gasteiger partial charge < -0.3 is 5.73 Å². The van der Waals surface area contributed by atoms with Crippen LogP contribution in [-0.2, 0) is 6.42 Å². The van der Waals surface area contributed by atoms with Crippen molar-refractivity contribution >= 4 is 5.69 Å². The maximum Gasteiger partial charge on any atom is 0.123 e. The molecule has 2 N–H and O–H groups in total. The van der Waals surface area contributed by atoms with Crippen LogP contribution in [-0.4, -0.2) is 9.78 Å². The van der Waals surface area contributed by atoms with Crippen LogP contribution in [0.3, 0.4) is 0 Å². The molecule has 1 aromatic heterocycles. The van der Waals surface area contributed by atoms with Gasteiger partial charge in [-0.15, -0.1) is 0 Å². The summed E-state index contributed by atoms with van der Waals surface area (Å²) in [5.74, 6) is 0.512. The van der Waals surface area contributed by atoms with E-state index in [-0.39, 0.29) is 5.82 Å². The minimum atomic E-state index is -0.241. The van der Waals surface area contributed by atoms with Gasteiger partial charge >= 0.3 is 0 Å². The van der Waals surface area contributed by atoms with Gasteiger partial charge in [-0.25, -0.2) is 9.07 Å². The molecule has 4 heteroatoms. The lowest BCUT2D eigenvalue weighted by atomic mass is 10.2. The summed E-state index contributed by atoms with van der Waals surface area (Å²) in [7, 11) is 0. The second-order valence-electron chi connectivity index (χ2n) is 4.98. The largest absolute Gasteiger partial charge is 0.396 e. The summed E-state index contributed by atoms with van der Waals surface area (Å²) in [5.41, 5.74) is 9.61. The van der Waals surface area contributed by atoms with E-state index in [9.17, 15) is 4.39 Å². The second-order valence-corrected chi connectivity index (χ2v) is 4.98. The molecule has 2 aromatic rings. The summed E-state index contributed by atoms with van der Waals surface area (Å²) < 4.78 is 14.7. The Balaban J connectivity index is 1.98. The van der Waals surface area contributed by atoms with Gasteiger partial charge in [0.05, 0.1) is 22.8 Å². The van der Waals surface area contributed by atoms with Gasteiger partial charge in [0.25, 0.3) is 0 Å². The zero-order valence-corrected chi connectivity index (χ0v) is 10.4. The Hall–Kier alpha value is -1.84. The van der Waals surface area contributed by atoms with E-state index in [0.717, 1.165) is 35.1 Å². The van der Waals surface area contributed by atoms with Gasteiger partial charge in [0.1, 0.15) is 5.82 Å². The van der Waals surface area contributed by atoms with Crippen LogP contribution < -0.4 is 5.73 Å². The highest BCUT2D eigenvalue weighted by molar-refractivity contribution is 5.51. The number of benzene rings is 1. The topological polar surface area (TPSA) is 43.8 Å². The highest BCUT2D eigenvalue weighted by atomic mass is 19.1. The molecule has 94 valence electrons. The van der Waals surface area contributed by atoms with E-state index in [1.54, 1.807) is 16.8 Å². The van der Waals surface area contributed by atoms with Crippen molar-refractivity contribution in [3.8, 4) is 5.69 Å². The molecule has 18 heavy (non-hydrogen) atoms. The SMILES string of the molecule is Cc1c(N)c(CC2CC2)nn1-c1ccc(F)cc1. The summed E-state index contributed by atoms with van der Waals surface area (Å²) in [6.07, 6.45) is 3.52. The van der Waals surface area contributed by atoms with Gasteiger partial charge in [0.2, 0.25) is 0 Å². The molecule has 0 atom stereocenters. The average Bonchev–Trinajstić information content (AvgIpc) is 3.13. The molecule has 0 unspecified atom stereocenters. The smallest absolute Gasteiger partial charge is 0.123 e. The van der Waals surface area contributed by atoms with E-state index < -0.39 is 0 Å². The first-order valence-corrected chi connectivity index (χ1v) is 6.25. The van der Waals surface area contributed by atoms with Crippen LogP contribution in [0.1, 0.15) is 24.2 Å². The molecule has 1 aromatic carbocycles. The Morgan fingerprint density at radius 3 is 2.61 bits per heavy atom. The molecule has 0 amide bonds. The molecule has 1 fully saturated rings. The molecule has 0 aliphatic heterocycles. The van der Waals surface area contributed by atoms with E-state index in [1.807, 2.05) is 6.92 Å². The second kappa shape index (κ2) is 4.12. The van der Waals surface area contributed by atoms with E-state index in [4.69, 9.17) is 5.73 Å². The first-order valence-electron chi connectivity index (χ1n) is 6.25. The normalized spacial score (nSPS) is 15.0. The molecule has 3 nitrogen and oxygen atoms in total. The van der Waals surface area contributed by atoms with Crippen LogP contribution in [0.25, 0.3) is 5.69 Å². The molecule has 1 saturated carbocycles. The molecule has 0 saturated heterocycles. The number of anilines is 1. The van der Waals surface area contributed by atoms with Gasteiger partial charge in [0, 0.05) is 0 Å². The fraction of sp³-hybridized carbons (Fsp3) is 0.357. The maximum atomic E-state index is 12.9. The van der Waals surface area contributed by atoms with Gasteiger partial charge in [-0.1, -0.05) is 0 Å². The molecule has 1 aliphatic carbocycles. The third kappa shape index (κ3) is 1.98. The van der Waals surface area contributed by atoms with Crippen LogP contribution >= 0.6 is 0 Å². The Kier molecular flexibility index (Phi) is 2.58. The van der Waals surface area contributed by atoms with Crippen molar-refractivity contribution in [2.24, 2.45) is 5.92 Å². The number of hydrogen-bond acceptors (Lipinski definition) is 2. The van der Waals surface area contributed by atoms with Crippen LogP contribution in [0.5, 0.6) is 0 Å². The predicted octanol–water partition coefficient (Wildman–Crippen LogP) is 2.85. The average molecular weight is 245 g/mol. The zero-order valence-electron chi connectivity index (χ0n) is 10.4. The van der Waals surface area contributed by atoms with Gasteiger partial charge in [-0.2, -0.15) is 5.10 Å². The summed E-state index contributed by atoms with van der Waals surface area (Å²) in [6.45, 7) is 1.95. The fourth-order valence-corrected chi connectivity index (χ4v) is 2.15. The Morgan fingerprint density at radius 1 is 1.33 bits per heavy atom. The fourth-order valence-electron chi connectivity index (χ4n) is 2.15. The number of aromatic nitrogens is 2. The van der Waals surface area contributed by atoms with Crippen molar-refractivity contribution < 1.29 is 4.39 Å². The van der Waals surface area contributed by atoms with Crippen LogP contribution in [0.4, 0.5) is 10.1 Å².